The van der Waals surface area contributed by atoms with Gasteiger partial charge in [-0.15, -0.1) is 0 Å². The number of esters is 1. The summed E-state index contributed by atoms with van der Waals surface area (Å²) in [7, 11) is 0. The zero-order chi connectivity index (χ0) is 20.7. The Morgan fingerprint density at radius 1 is 1.21 bits per heavy atom. The Bertz CT molecular complexity index is 898. The molecule has 0 aliphatic carbocycles. The maximum Gasteiger partial charge on any atom is 0.313 e. The number of ether oxygens (including phenoxy) is 1. The van der Waals surface area contributed by atoms with E-state index in [4.69, 9.17) is 39.5 Å². The number of nitro benzene ring substituents is 1. The number of rotatable bonds is 7. The van der Waals surface area contributed by atoms with Crippen molar-refractivity contribution in [2.75, 3.05) is 12.0 Å². The number of carbonyl (C=O) groups excluding carboxylic acids is 1. The molecule has 0 unspecified atom stereocenters. The van der Waals surface area contributed by atoms with Gasteiger partial charge < -0.3 is 4.74 Å². The highest BCUT2D eigenvalue weighted by atomic mass is 35.5. The van der Waals surface area contributed by atoms with E-state index in [1.807, 2.05) is 0 Å². The van der Waals surface area contributed by atoms with E-state index in [-0.39, 0.29) is 40.3 Å². The number of anilines is 1. The third-order valence-corrected chi connectivity index (χ3v) is 4.07. The molecule has 0 aromatic heterocycles. The largest absolute Gasteiger partial charge is 0.466 e. The molecule has 0 radical (unpaired) electrons. The fourth-order valence-electron chi connectivity index (χ4n) is 2.09. The molecule has 0 saturated carbocycles. The number of non-ortho nitro benzene ring substituents is 1. The lowest BCUT2D eigenvalue weighted by molar-refractivity contribution is -0.384. The van der Waals surface area contributed by atoms with E-state index in [0.717, 1.165) is 0 Å². The van der Waals surface area contributed by atoms with Crippen molar-refractivity contribution in [3.63, 3.8) is 0 Å². The van der Waals surface area contributed by atoms with Gasteiger partial charge in [0.1, 0.15) is 12.3 Å². The van der Waals surface area contributed by atoms with Crippen molar-refractivity contribution in [3.8, 4) is 0 Å². The molecule has 2 aromatic rings. The maximum absolute atomic E-state index is 11.9. The average molecular weight is 446 g/mol. The molecular formula is C17H15Cl3N4O4. The summed E-state index contributed by atoms with van der Waals surface area (Å²) in [5.41, 5.74) is 5.98. The van der Waals surface area contributed by atoms with Crippen molar-refractivity contribution in [2.24, 2.45) is 4.99 Å². The van der Waals surface area contributed by atoms with Crippen LogP contribution >= 0.6 is 34.8 Å². The minimum absolute atomic E-state index is 0.131. The van der Waals surface area contributed by atoms with Gasteiger partial charge in [-0.1, -0.05) is 40.9 Å². The number of amidine groups is 1. The average Bonchev–Trinajstić information content (AvgIpc) is 2.61. The Morgan fingerprint density at radius 3 is 2.50 bits per heavy atom. The van der Waals surface area contributed by atoms with Crippen LogP contribution < -0.4 is 10.9 Å². The monoisotopic (exact) mass is 444 g/mol. The topological polar surface area (TPSA) is 106 Å². The van der Waals surface area contributed by atoms with Crippen molar-refractivity contribution in [1.29, 1.82) is 0 Å². The van der Waals surface area contributed by atoms with Gasteiger partial charge in [0.25, 0.3) is 5.69 Å². The van der Waals surface area contributed by atoms with Crippen LogP contribution in [0.4, 0.5) is 17.1 Å². The lowest BCUT2D eigenvalue weighted by Gasteiger charge is -2.14. The van der Waals surface area contributed by atoms with E-state index < -0.39 is 10.9 Å². The number of hydrogen-bond donors (Lipinski definition) is 2. The Balaban J connectivity index is 2.28. The Labute approximate surface area is 175 Å². The summed E-state index contributed by atoms with van der Waals surface area (Å²) < 4.78 is 4.92. The molecular weight excluding hydrogens is 431 g/mol. The van der Waals surface area contributed by atoms with Gasteiger partial charge in [-0.2, -0.15) is 0 Å². The first-order valence-electron chi connectivity index (χ1n) is 7.94. The Hall–Kier alpha value is -2.55. The molecule has 0 aliphatic rings. The van der Waals surface area contributed by atoms with E-state index in [1.54, 1.807) is 13.0 Å². The van der Waals surface area contributed by atoms with E-state index >= 15 is 0 Å². The molecule has 0 amide bonds. The Morgan fingerprint density at radius 2 is 1.89 bits per heavy atom. The summed E-state index contributed by atoms with van der Waals surface area (Å²) in [6, 6.07) is 8.63. The summed E-state index contributed by atoms with van der Waals surface area (Å²) in [6.07, 6.45) is -0.216. The highest BCUT2D eigenvalue weighted by Crippen LogP contribution is 2.33. The number of halogens is 3. The first-order valence-corrected chi connectivity index (χ1v) is 9.07. The van der Waals surface area contributed by atoms with Crippen molar-refractivity contribution in [2.45, 2.75) is 13.3 Å². The molecule has 2 rings (SSSR count). The number of carbonyl (C=O) groups is 1. The summed E-state index contributed by atoms with van der Waals surface area (Å²) in [6.45, 7) is 1.87. The number of nitro groups is 1. The van der Waals surface area contributed by atoms with Gasteiger partial charge in [0.15, 0.2) is 0 Å². The molecule has 0 fully saturated rings. The normalized spacial score (nSPS) is 11.1. The van der Waals surface area contributed by atoms with Gasteiger partial charge in [-0.05, 0) is 25.1 Å². The number of hydrogen-bond acceptors (Lipinski definition) is 6. The summed E-state index contributed by atoms with van der Waals surface area (Å²) in [5, 5.41) is 11.8. The third kappa shape index (κ3) is 6.26. The second-order valence-corrected chi connectivity index (χ2v) is 6.56. The van der Waals surface area contributed by atoms with Crippen LogP contribution in [0, 0.1) is 10.1 Å². The van der Waals surface area contributed by atoms with Gasteiger partial charge in [-0.25, -0.2) is 4.99 Å². The summed E-state index contributed by atoms with van der Waals surface area (Å²) in [4.78, 5) is 26.5. The van der Waals surface area contributed by atoms with Crippen LogP contribution in [0.25, 0.3) is 0 Å². The first kappa shape index (κ1) is 21.7. The molecule has 11 heteroatoms. The van der Waals surface area contributed by atoms with Crippen LogP contribution in [0.2, 0.25) is 15.1 Å². The molecule has 0 aliphatic heterocycles. The molecule has 28 heavy (non-hydrogen) atoms. The van der Waals surface area contributed by atoms with E-state index in [9.17, 15) is 14.9 Å². The molecule has 0 heterocycles. The van der Waals surface area contributed by atoms with Gasteiger partial charge in [-0.3, -0.25) is 25.8 Å². The number of nitrogens with zero attached hydrogens (tertiary/aromatic N) is 2. The molecule has 148 valence electrons. The standard InChI is InChI=1S/C17H15Cl3N4O4/c1-2-28-16(25)9-15(21-11-4-3-5-12(8-11)24(26)27)22-23-17-13(19)6-10(18)7-14(17)20/h3-8,23H,2,9H2,1H3,(H,21,22). The predicted octanol–water partition coefficient (Wildman–Crippen LogP) is 5.15. The van der Waals surface area contributed by atoms with E-state index in [2.05, 4.69) is 15.8 Å². The second-order valence-electron chi connectivity index (χ2n) is 5.31. The second kappa shape index (κ2) is 10.1. The smallest absolute Gasteiger partial charge is 0.313 e. The molecule has 0 atom stereocenters. The fourth-order valence-corrected chi connectivity index (χ4v) is 3.00. The van der Waals surface area contributed by atoms with Gasteiger partial charge in [0, 0.05) is 17.2 Å². The number of benzene rings is 2. The van der Waals surface area contributed by atoms with Crippen molar-refractivity contribution in [3.05, 3.63) is 61.6 Å². The third-order valence-electron chi connectivity index (χ3n) is 3.26. The van der Waals surface area contributed by atoms with Crippen LogP contribution in [0.15, 0.2) is 41.4 Å². The van der Waals surface area contributed by atoms with Crippen molar-refractivity contribution in [1.82, 2.24) is 5.43 Å². The molecule has 0 saturated heterocycles. The molecule has 2 N–H and O–H groups in total. The highest BCUT2D eigenvalue weighted by molar-refractivity contribution is 6.41. The minimum atomic E-state index is -0.539. The van der Waals surface area contributed by atoms with E-state index in [0.29, 0.717) is 10.7 Å². The van der Waals surface area contributed by atoms with Crippen LogP contribution in [0.3, 0.4) is 0 Å². The fraction of sp³-hybridized carbons (Fsp3) is 0.176. The number of hydrazine groups is 1. The first-order chi connectivity index (χ1) is 13.3. The maximum atomic E-state index is 11.9. The van der Waals surface area contributed by atoms with Crippen molar-refractivity contribution >= 4 is 63.7 Å². The lowest BCUT2D eigenvalue weighted by atomic mass is 10.3. The predicted molar refractivity (Wildman–Crippen MR) is 110 cm³/mol. The van der Waals surface area contributed by atoms with E-state index in [1.165, 1.54) is 30.3 Å². The zero-order valence-electron chi connectivity index (χ0n) is 14.5. The molecule has 8 nitrogen and oxygen atoms in total. The van der Waals surface area contributed by atoms with Crippen molar-refractivity contribution < 1.29 is 14.5 Å². The van der Waals surface area contributed by atoms with Crippen LogP contribution in [-0.2, 0) is 9.53 Å². The van der Waals surface area contributed by atoms with Crippen LogP contribution in [-0.4, -0.2) is 23.3 Å². The minimum Gasteiger partial charge on any atom is -0.466 e. The Kier molecular flexibility index (Phi) is 7.86. The molecule has 0 spiro atoms. The summed E-state index contributed by atoms with van der Waals surface area (Å²) in [5.74, 6) is -0.393. The SMILES string of the molecule is CCOC(=O)CC(=Nc1cccc([N+](=O)[O-])c1)NNc1c(Cl)cc(Cl)cc1Cl. The number of nitrogens with one attached hydrogen (secondary N) is 2. The van der Waals surface area contributed by atoms with Crippen LogP contribution in [0.1, 0.15) is 13.3 Å². The molecule has 2 aromatic carbocycles. The van der Waals surface area contributed by atoms with Gasteiger partial charge in [0.2, 0.25) is 0 Å². The van der Waals surface area contributed by atoms with Gasteiger partial charge >= 0.3 is 5.97 Å². The highest BCUT2D eigenvalue weighted by Gasteiger charge is 2.13. The van der Waals surface area contributed by atoms with Crippen LogP contribution in [0.5, 0.6) is 0 Å². The number of aliphatic imine (C=N–C) groups is 1. The van der Waals surface area contributed by atoms with Gasteiger partial charge in [0.05, 0.1) is 33.0 Å². The zero-order valence-corrected chi connectivity index (χ0v) is 16.8. The molecule has 0 bridgehead atoms. The lowest BCUT2D eigenvalue weighted by Crippen LogP contribution is -2.32. The quantitative estimate of drug-likeness (QED) is 0.201. The summed E-state index contributed by atoms with van der Waals surface area (Å²) >= 11 is 18.1.